The largest absolute Gasteiger partial charge is 0.484 e. The van der Waals surface area contributed by atoms with Crippen molar-refractivity contribution >= 4 is 55.0 Å². The molecule has 0 aliphatic carbocycles. The van der Waals surface area contributed by atoms with Crippen LogP contribution < -0.4 is 15.4 Å². The smallest absolute Gasteiger partial charge is 0.422 e. The van der Waals surface area contributed by atoms with Gasteiger partial charge in [-0.05, 0) is 18.2 Å². The van der Waals surface area contributed by atoms with Gasteiger partial charge in [0.25, 0.3) is 5.91 Å². The number of anilines is 2. The lowest BCUT2D eigenvalue weighted by Gasteiger charge is -2.08. The maximum Gasteiger partial charge on any atom is 0.422 e. The van der Waals surface area contributed by atoms with E-state index in [1.54, 1.807) is 0 Å². The molecule has 2 N–H and O–H groups in total. The van der Waals surface area contributed by atoms with E-state index in [0.29, 0.717) is 15.3 Å². The number of aromatic nitrogens is 2. The molecule has 0 saturated carbocycles. The number of nitrogens with one attached hydrogen (secondary N) is 2. The lowest BCUT2D eigenvalue weighted by molar-refractivity contribution is -0.153. The van der Waals surface area contributed by atoms with Gasteiger partial charge in [0.2, 0.25) is 5.91 Å². The number of amides is 2. The Kier molecular flexibility index (Phi) is 5.28. The lowest BCUT2D eigenvalue weighted by Crippen LogP contribution is -2.19. The predicted molar refractivity (Wildman–Crippen MR) is 95.5 cm³/mol. The molecule has 12 heteroatoms. The van der Waals surface area contributed by atoms with E-state index in [0.717, 1.165) is 22.7 Å². The molecule has 0 spiro atoms. The third kappa shape index (κ3) is 5.14. The minimum Gasteiger partial charge on any atom is -0.484 e. The molecule has 2 aromatic heterocycles. The van der Waals surface area contributed by atoms with Crippen LogP contribution in [0.4, 0.5) is 23.4 Å². The molecule has 0 bridgehead atoms. The van der Waals surface area contributed by atoms with Crippen molar-refractivity contribution in [2.24, 2.45) is 0 Å². The quantitative estimate of drug-likeness (QED) is 0.658. The van der Waals surface area contributed by atoms with Gasteiger partial charge in [0, 0.05) is 12.3 Å². The van der Waals surface area contributed by atoms with Gasteiger partial charge < -0.3 is 10.1 Å². The molecular formula is C15H11F3N4O3S2. The van der Waals surface area contributed by atoms with Gasteiger partial charge in [-0.25, -0.2) is 9.97 Å². The molecule has 0 unspecified atom stereocenters. The van der Waals surface area contributed by atoms with E-state index < -0.39 is 18.7 Å². The van der Waals surface area contributed by atoms with Crippen LogP contribution in [0.1, 0.15) is 17.4 Å². The highest BCUT2D eigenvalue weighted by molar-refractivity contribution is 7.22. The van der Waals surface area contributed by atoms with E-state index in [9.17, 15) is 22.8 Å². The van der Waals surface area contributed by atoms with Gasteiger partial charge in [-0.15, -0.1) is 11.3 Å². The first kappa shape index (κ1) is 19.0. The summed E-state index contributed by atoms with van der Waals surface area (Å²) in [5, 5.41) is 7.08. The number of fused-ring (bicyclic) bond motifs is 1. The fourth-order valence-electron chi connectivity index (χ4n) is 1.96. The molecule has 3 aromatic rings. The molecule has 0 radical (unpaired) electrons. The molecule has 7 nitrogen and oxygen atoms in total. The van der Waals surface area contributed by atoms with Crippen molar-refractivity contribution in [3.05, 3.63) is 29.3 Å². The number of rotatable bonds is 5. The van der Waals surface area contributed by atoms with Crippen molar-refractivity contribution in [2.75, 3.05) is 17.2 Å². The molecule has 2 heterocycles. The molecule has 0 aliphatic heterocycles. The van der Waals surface area contributed by atoms with Crippen LogP contribution >= 0.6 is 22.7 Å². The zero-order chi connectivity index (χ0) is 19.6. The predicted octanol–water partition coefficient (Wildman–Crippen LogP) is 3.90. The molecule has 27 heavy (non-hydrogen) atoms. The zero-order valence-corrected chi connectivity index (χ0v) is 15.2. The second-order valence-electron chi connectivity index (χ2n) is 5.23. The minimum absolute atomic E-state index is 0.0563. The summed E-state index contributed by atoms with van der Waals surface area (Å²) in [7, 11) is 0. The van der Waals surface area contributed by atoms with Crippen molar-refractivity contribution in [3.8, 4) is 5.75 Å². The molecular weight excluding hydrogens is 405 g/mol. The summed E-state index contributed by atoms with van der Waals surface area (Å²) in [6.45, 7) is -0.0592. The molecule has 1 aromatic carbocycles. The van der Waals surface area contributed by atoms with Crippen LogP contribution in [-0.4, -0.2) is 34.6 Å². The van der Waals surface area contributed by atoms with E-state index in [-0.39, 0.29) is 22.5 Å². The van der Waals surface area contributed by atoms with Crippen LogP contribution in [-0.2, 0) is 4.79 Å². The van der Waals surface area contributed by atoms with Gasteiger partial charge in [0.05, 0.1) is 10.2 Å². The topological polar surface area (TPSA) is 93.2 Å². The normalized spacial score (nSPS) is 11.4. The first-order chi connectivity index (χ1) is 12.7. The van der Waals surface area contributed by atoms with Gasteiger partial charge in [-0.2, -0.15) is 13.2 Å². The number of ether oxygens (including phenoxy) is 1. The highest BCUT2D eigenvalue weighted by Crippen LogP contribution is 2.30. The van der Waals surface area contributed by atoms with Gasteiger partial charge in [0.15, 0.2) is 16.9 Å². The number of nitrogens with zero attached hydrogens (tertiary/aromatic N) is 2. The third-order valence-electron chi connectivity index (χ3n) is 3.00. The Bertz CT molecular complexity index is 1000. The maximum atomic E-state index is 12.2. The summed E-state index contributed by atoms with van der Waals surface area (Å²) in [6, 6.07) is 4.30. The Morgan fingerprint density at radius 1 is 1.19 bits per heavy atom. The Morgan fingerprint density at radius 3 is 2.67 bits per heavy atom. The minimum atomic E-state index is -4.43. The monoisotopic (exact) mass is 416 g/mol. The molecule has 142 valence electrons. The average Bonchev–Trinajstić information content (AvgIpc) is 3.17. The standard InChI is InChI=1S/C15H11F3N4O3S2/c1-7(23)19-13-21-10(5-26-13)12(24)22-14-20-9-3-2-8(4-11(9)27-14)25-6-15(16,17)18/h2-5H,6H2,1H3,(H,19,21,23)(H,20,22,24). The van der Waals surface area contributed by atoms with E-state index in [1.807, 2.05) is 0 Å². The first-order valence-corrected chi connectivity index (χ1v) is 9.04. The Morgan fingerprint density at radius 2 is 1.96 bits per heavy atom. The molecule has 3 rings (SSSR count). The molecule has 2 amide bonds. The van der Waals surface area contributed by atoms with E-state index >= 15 is 0 Å². The SMILES string of the molecule is CC(=O)Nc1nc(C(=O)Nc2nc3ccc(OCC(F)(F)F)cc3s2)cs1. The summed E-state index contributed by atoms with van der Waals surface area (Å²) in [5.41, 5.74) is 0.615. The van der Waals surface area contributed by atoms with Gasteiger partial charge in [-0.3, -0.25) is 14.9 Å². The molecule has 0 aliphatic rings. The number of carbonyl (C=O) groups is 2. The van der Waals surface area contributed by atoms with Crippen molar-refractivity contribution in [1.82, 2.24) is 9.97 Å². The number of thiazole rings is 2. The van der Waals surface area contributed by atoms with E-state index in [4.69, 9.17) is 4.74 Å². The van der Waals surface area contributed by atoms with Gasteiger partial charge in [-0.1, -0.05) is 11.3 Å². The molecule has 0 fully saturated rings. The number of benzene rings is 1. The fraction of sp³-hybridized carbons (Fsp3) is 0.200. The Hall–Kier alpha value is -2.73. The highest BCUT2D eigenvalue weighted by Gasteiger charge is 2.28. The van der Waals surface area contributed by atoms with Crippen LogP contribution in [0.5, 0.6) is 5.75 Å². The number of alkyl halides is 3. The second kappa shape index (κ2) is 7.48. The van der Waals surface area contributed by atoms with Gasteiger partial charge in [0.1, 0.15) is 11.4 Å². The highest BCUT2D eigenvalue weighted by atomic mass is 32.1. The number of hydrogen-bond acceptors (Lipinski definition) is 7. The third-order valence-corrected chi connectivity index (χ3v) is 4.69. The summed E-state index contributed by atoms with van der Waals surface area (Å²) < 4.78 is 41.9. The summed E-state index contributed by atoms with van der Waals surface area (Å²) in [5.74, 6) is -0.762. The van der Waals surface area contributed by atoms with Crippen LogP contribution in [0.25, 0.3) is 10.2 Å². The summed E-state index contributed by atoms with van der Waals surface area (Å²) >= 11 is 2.19. The van der Waals surface area contributed by atoms with Crippen molar-refractivity contribution in [3.63, 3.8) is 0 Å². The maximum absolute atomic E-state index is 12.2. The number of halogens is 3. The average molecular weight is 416 g/mol. The number of hydrogen-bond donors (Lipinski definition) is 2. The van der Waals surface area contributed by atoms with Crippen molar-refractivity contribution in [2.45, 2.75) is 13.1 Å². The van der Waals surface area contributed by atoms with Gasteiger partial charge >= 0.3 is 6.18 Å². The summed E-state index contributed by atoms with van der Waals surface area (Å²) in [6.07, 6.45) is -4.43. The Balaban J connectivity index is 1.70. The Labute approximate surface area is 158 Å². The molecule has 0 saturated heterocycles. The van der Waals surface area contributed by atoms with Crippen molar-refractivity contribution < 1.29 is 27.5 Å². The van der Waals surface area contributed by atoms with E-state index in [2.05, 4.69) is 20.6 Å². The zero-order valence-electron chi connectivity index (χ0n) is 13.6. The van der Waals surface area contributed by atoms with Crippen molar-refractivity contribution in [1.29, 1.82) is 0 Å². The summed E-state index contributed by atoms with van der Waals surface area (Å²) in [4.78, 5) is 31.4. The fourth-order valence-corrected chi connectivity index (χ4v) is 3.59. The lowest BCUT2D eigenvalue weighted by atomic mass is 10.3. The molecule has 0 atom stereocenters. The van der Waals surface area contributed by atoms with Crippen LogP contribution in [0.15, 0.2) is 23.6 Å². The van der Waals surface area contributed by atoms with Crippen LogP contribution in [0.3, 0.4) is 0 Å². The second-order valence-corrected chi connectivity index (χ2v) is 7.11. The first-order valence-electron chi connectivity index (χ1n) is 7.34. The number of carbonyl (C=O) groups excluding carboxylic acids is 2. The van der Waals surface area contributed by atoms with Crippen LogP contribution in [0.2, 0.25) is 0 Å². The van der Waals surface area contributed by atoms with Crippen LogP contribution in [0, 0.1) is 0 Å². The van der Waals surface area contributed by atoms with E-state index in [1.165, 1.54) is 30.5 Å².